The molecule has 2 N–H and O–H groups in total. The van der Waals surface area contributed by atoms with Gasteiger partial charge in [0.1, 0.15) is 5.16 Å². The largest absolute Gasteiger partial charge is 0.267 e. The van der Waals surface area contributed by atoms with E-state index in [4.69, 9.17) is 11.6 Å². The fourth-order valence-electron chi connectivity index (χ4n) is 1.67. The number of nitrogens with one attached hydrogen (secondary N) is 2. The molecule has 98 valence electrons. The molecule has 0 radical (unpaired) electrons. The number of hydrazine groups is 2. The zero-order chi connectivity index (χ0) is 12.6. The third-order valence-electron chi connectivity index (χ3n) is 2.59. The second-order valence-corrected chi connectivity index (χ2v) is 7.28. The third kappa shape index (κ3) is 2.42. The van der Waals surface area contributed by atoms with Crippen LogP contribution in [0.4, 0.5) is 0 Å². The Hall–Kier alpha value is 0.01000. The highest BCUT2D eigenvalue weighted by Gasteiger charge is 2.45. The van der Waals surface area contributed by atoms with Crippen LogP contribution in [0.5, 0.6) is 0 Å². The van der Waals surface area contributed by atoms with Gasteiger partial charge in [-0.25, -0.2) is 19.3 Å². The Morgan fingerprint density at radius 1 is 1.53 bits per heavy atom. The van der Waals surface area contributed by atoms with E-state index in [2.05, 4.69) is 10.9 Å². The summed E-state index contributed by atoms with van der Waals surface area (Å²) >= 11 is 7.10. The SMILES string of the molecule is CNN1C(Cl)=CSC1S(=O)(=O)N(NC)C1CC1. The summed E-state index contributed by atoms with van der Waals surface area (Å²) in [7, 11) is -0.206. The summed E-state index contributed by atoms with van der Waals surface area (Å²) in [5, 5.41) is 3.45. The topological polar surface area (TPSA) is 64.7 Å². The van der Waals surface area contributed by atoms with Gasteiger partial charge in [-0.3, -0.25) is 5.01 Å². The Kier molecular flexibility index (Phi) is 3.91. The maximum Gasteiger partial charge on any atom is 0.259 e. The monoisotopic (exact) mass is 298 g/mol. The first-order chi connectivity index (χ1) is 8.02. The molecule has 17 heavy (non-hydrogen) atoms. The van der Waals surface area contributed by atoms with Gasteiger partial charge >= 0.3 is 0 Å². The molecule has 0 saturated heterocycles. The van der Waals surface area contributed by atoms with Crippen LogP contribution in [0.15, 0.2) is 10.6 Å². The van der Waals surface area contributed by atoms with Crippen molar-refractivity contribution in [2.24, 2.45) is 0 Å². The molecule has 0 aromatic carbocycles. The molecule has 1 saturated carbocycles. The van der Waals surface area contributed by atoms with E-state index in [1.165, 1.54) is 21.2 Å². The van der Waals surface area contributed by atoms with Gasteiger partial charge in [0.15, 0.2) is 0 Å². The lowest BCUT2D eigenvalue weighted by Crippen LogP contribution is -2.52. The molecule has 1 atom stereocenters. The van der Waals surface area contributed by atoms with Crippen LogP contribution in [-0.4, -0.2) is 42.7 Å². The fraction of sp³-hybridized carbons (Fsp3) is 0.750. The molecule has 1 aliphatic heterocycles. The van der Waals surface area contributed by atoms with Crippen LogP contribution in [0.1, 0.15) is 12.8 Å². The van der Waals surface area contributed by atoms with Crippen molar-refractivity contribution in [2.75, 3.05) is 14.1 Å². The zero-order valence-corrected chi connectivity index (χ0v) is 11.9. The van der Waals surface area contributed by atoms with E-state index in [9.17, 15) is 8.42 Å². The van der Waals surface area contributed by atoms with Gasteiger partial charge in [0.2, 0.25) is 4.71 Å². The van der Waals surface area contributed by atoms with Gasteiger partial charge in [-0.2, -0.15) is 0 Å². The lowest BCUT2D eigenvalue weighted by Gasteiger charge is -2.30. The normalized spacial score (nSPS) is 25.5. The second-order valence-electron chi connectivity index (χ2n) is 3.77. The summed E-state index contributed by atoms with van der Waals surface area (Å²) in [6.45, 7) is 0. The molecular weight excluding hydrogens is 284 g/mol. The van der Waals surface area contributed by atoms with Crippen LogP contribution in [0.2, 0.25) is 0 Å². The van der Waals surface area contributed by atoms with Crippen LogP contribution < -0.4 is 10.9 Å². The summed E-state index contributed by atoms with van der Waals surface area (Å²) in [4.78, 5) is 0. The minimum atomic E-state index is -3.47. The molecule has 2 rings (SSSR count). The Bertz CT molecular complexity index is 423. The van der Waals surface area contributed by atoms with E-state index < -0.39 is 14.7 Å². The number of hydrogen-bond acceptors (Lipinski definition) is 6. The highest BCUT2D eigenvalue weighted by atomic mass is 35.5. The summed E-state index contributed by atoms with van der Waals surface area (Å²) in [5.41, 5.74) is 5.54. The van der Waals surface area contributed by atoms with E-state index in [0.29, 0.717) is 5.16 Å². The number of rotatable bonds is 5. The molecule has 0 aromatic rings. The van der Waals surface area contributed by atoms with Gasteiger partial charge in [-0.05, 0) is 19.9 Å². The number of sulfonamides is 1. The molecule has 6 nitrogen and oxygen atoms in total. The Labute approximate surface area is 110 Å². The van der Waals surface area contributed by atoms with E-state index in [0.717, 1.165) is 12.8 Å². The summed E-state index contributed by atoms with van der Waals surface area (Å²) in [6.07, 6.45) is 1.80. The van der Waals surface area contributed by atoms with Gasteiger partial charge < -0.3 is 0 Å². The Morgan fingerprint density at radius 3 is 2.65 bits per heavy atom. The van der Waals surface area contributed by atoms with Gasteiger partial charge in [-0.15, -0.1) is 4.41 Å². The summed E-state index contributed by atoms with van der Waals surface area (Å²) in [6, 6.07) is 0.0729. The number of halogens is 1. The van der Waals surface area contributed by atoms with Crippen LogP contribution in [0.25, 0.3) is 0 Å². The van der Waals surface area contributed by atoms with E-state index in [-0.39, 0.29) is 6.04 Å². The molecule has 2 aliphatic rings. The van der Waals surface area contributed by atoms with Crippen molar-refractivity contribution >= 4 is 33.4 Å². The van der Waals surface area contributed by atoms with Crippen LogP contribution in [-0.2, 0) is 10.0 Å². The van der Waals surface area contributed by atoms with Gasteiger partial charge in [-0.1, -0.05) is 23.4 Å². The van der Waals surface area contributed by atoms with Gasteiger partial charge in [0.05, 0.1) is 0 Å². The van der Waals surface area contributed by atoms with Crippen molar-refractivity contribution in [3.63, 3.8) is 0 Å². The minimum absolute atomic E-state index is 0.0729. The molecule has 0 amide bonds. The first-order valence-corrected chi connectivity index (χ1v) is 8.03. The predicted octanol–water partition coefficient (Wildman–Crippen LogP) is 0.419. The molecule has 1 heterocycles. The van der Waals surface area contributed by atoms with Crippen molar-refractivity contribution in [3.8, 4) is 0 Å². The molecule has 1 fully saturated rings. The van der Waals surface area contributed by atoms with Crippen molar-refractivity contribution in [1.29, 1.82) is 0 Å². The van der Waals surface area contributed by atoms with Crippen molar-refractivity contribution < 1.29 is 8.42 Å². The molecule has 0 bridgehead atoms. The second kappa shape index (κ2) is 4.94. The maximum atomic E-state index is 12.4. The Balaban J connectivity index is 2.20. The van der Waals surface area contributed by atoms with Crippen molar-refractivity contribution in [2.45, 2.75) is 23.6 Å². The number of hydrogen-bond donors (Lipinski definition) is 2. The van der Waals surface area contributed by atoms with Crippen LogP contribution in [0, 0.1) is 0 Å². The molecule has 1 unspecified atom stereocenters. The quantitative estimate of drug-likeness (QED) is 0.566. The van der Waals surface area contributed by atoms with Crippen LogP contribution >= 0.6 is 23.4 Å². The summed E-state index contributed by atoms with van der Waals surface area (Å²) in [5.74, 6) is 0. The maximum absolute atomic E-state index is 12.4. The smallest absolute Gasteiger partial charge is 0.259 e. The Morgan fingerprint density at radius 2 is 2.18 bits per heavy atom. The average molecular weight is 299 g/mol. The summed E-state index contributed by atoms with van der Waals surface area (Å²) < 4.78 is 25.4. The highest BCUT2D eigenvalue weighted by Crippen LogP contribution is 2.38. The average Bonchev–Trinajstić information content (AvgIpc) is 3.01. The first kappa shape index (κ1) is 13.4. The van der Waals surface area contributed by atoms with Crippen molar-refractivity contribution in [3.05, 3.63) is 10.6 Å². The standard InChI is InChI=1S/C8H15ClN4O2S2/c1-10-12-7(9)5-16-8(12)17(14,15)13(11-2)6-3-4-6/h5-6,8,10-11H,3-4H2,1-2H3. The van der Waals surface area contributed by atoms with Crippen LogP contribution in [0.3, 0.4) is 0 Å². The minimum Gasteiger partial charge on any atom is -0.267 e. The van der Waals surface area contributed by atoms with E-state index >= 15 is 0 Å². The lowest BCUT2D eigenvalue weighted by atomic mass is 10.8. The predicted molar refractivity (Wildman–Crippen MR) is 69.1 cm³/mol. The van der Waals surface area contributed by atoms with Gasteiger partial charge in [0, 0.05) is 18.5 Å². The number of nitrogens with zero attached hydrogens (tertiary/aromatic N) is 2. The third-order valence-corrected chi connectivity index (χ3v) is 6.63. The van der Waals surface area contributed by atoms with E-state index in [1.54, 1.807) is 19.5 Å². The molecule has 0 spiro atoms. The highest BCUT2D eigenvalue weighted by molar-refractivity contribution is 8.14. The molecule has 1 aliphatic carbocycles. The molecule has 0 aromatic heterocycles. The number of thioether (sulfide) groups is 1. The molecule has 9 heteroatoms. The first-order valence-electron chi connectivity index (χ1n) is 5.20. The van der Waals surface area contributed by atoms with Crippen molar-refractivity contribution in [1.82, 2.24) is 20.3 Å². The zero-order valence-electron chi connectivity index (χ0n) is 9.55. The van der Waals surface area contributed by atoms with E-state index in [1.807, 2.05) is 0 Å². The van der Waals surface area contributed by atoms with Gasteiger partial charge in [0.25, 0.3) is 10.0 Å². The molecular formula is C8H15ClN4O2S2. The fourth-order valence-corrected chi connectivity index (χ4v) is 5.37. The lowest BCUT2D eigenvalue weighted by molar-refractivity contribution is 0.284.